The van der Waals surface area contributed by atoms with Crippen LogP contribution in [0.4, 0.5) is 0 Å². The summed E-state index contributed by atoms with van der Waals surface area (Å²) in [6.45, 7) is 9.28. The highest BCUT2D eigenvalue weighted by molar-refractivity contribution is 5.72. The minimum Gasteiger partial charge on any atom is -0.480 e. The summed E-state index contributed by atoms with van der Waals surface area (Å²) in [5.41, 5.74) is 0.244. The molecule has 19 heavy (non-hydrogen) atoms. The lowest BCUT2D eigenvalue weighted by Gasteiger charge is -2.31. The number of hydrogen-bond acceptors (Lipinski definition) is 2. The molecule has 0 aromatic carbocycles. The topological polar surface area (TPSA) is 49.3 Å². The number of carboxylic acid groups (broad SMARTS) is 1. The van der Waals surface area contributed by atoms with Gasteiger partial charge in [0, 0.05) is 6.54 Å². The first-order chi connectivity index (χ1) is 8.95. The van der Waals surface area contributed by atoms with Gasteiger partial charge in [0.2, 0.25) is 0 Å². The van der Waals surface area contributed by atoms with Gasteiger partial charge in [-0.2, -0.15) is 0 Å². The molecule has 0 rings (SSSR count). The molecule has 0 aromatic heterocycles. The molecule has 114 valence electrons. The lowest BCUT2D eigenvalue weighted by molar-refractivity contribution is -0.139. The summed E-state index contributed by atoms with van der Waals surface area (Å²) in [7, 11) is 0. The molecule has 0 amide bonds. The van der Waals surface area contributed by atoms with Crippen molar-refractivity contribution in [1.29, 1.82) is 0 Å². The summed E-state index contributed by atoms with van der Waals surface area (Å²) in [5, 5.41) is 12.1. The molecule has 3 nitrogen and oxygen atoms in total. The quantitative estimate of drug-likeness (QED) is 0.523. The van der Waals surface area contributed by atoms with Gasteiger partial charge in [0.25, 0.3) is 0 Å². The Labute approximate surface area is 119 Å². The standard InChI is InChI=1S/C16H33NO2/c1-5-7-9-10-12-16(4,11-8-6-2)13-17-14(3)15(18)19/h14,17H,5-13H2,1-4H3,(H,18,19). The maximum absolute atomic E-state index is 10.9. The molecule has 0 radical (unpaired) electrons. The maximum Gasteiger partial charge on any atom is 0.320 e. The largest absolute Gasteiger partial charge is 0.480 e. The van der Waals surface area contributed by atoms with Gasteiger partial charge in [0.1, 0.15) is 6.04 Å². The van der Waals surface area contributed by atoms with Crippen molar-refractivity contribution in [3.63, 3.8) is 0 Å². The van der Waals surface area contributed by atoms with E-state index in [4.69, 9.17) is 5.11 Å². The van der Waals surface area contributed by atoms with E-state index >= 15 is 0 Å². The molecule has 0 spiro atoms. The lowest BCUT2D eigenvalue weighted by atomic mass is 9.79. The van der Waals surface area contributed by atoms with Crippen LogP contribution in [0.3, 0.4) is 0 Å². The Bertz CT molecular complexity index is 243. The minimum absolute atomic E-state index is 0.244. The lowest BCUT2D eigenvalue weighted by Crippen LogP contribution is -2.41. The number of hydrogen-bond donors (Lipinski definition) is 2. The monoisotopic (exact) mass is 271 g/mol. The zero-order valence-corrected chi connectivity index (χ0v) is 13.3. The van der Waals surface area contributed by atoms with Gasteiger partial charge >= 0.3 is 5.97 Å². The molecule has 0 aliphatic carbocycles. The second-order valence-corrected chi connectivity index (χ2v) is 6.17. The molecule has 0 aromatic rings. The number of rotatable bonds is 12. The van der Waals surface area contributed by atoms with Crippen molar-refractivity contribution in [1.82, 2.24) is 5.32 Å². The van der Waals surface area contributed by atoms with Crippen molar-refractivity contribution in [3.8, 4) is 0 Å². The molecule has 0 aliphatic rings. The molecule has 0 aliphatic heterocycles. The van der Waals surface area contributed by atoms with Gasteiger partial charge in [-0.3, -0.25) is 4.79 Å². The smallest absolute Gasteiger partial charge is 0.320 e. The van der Waals surface area contributed by atoms with Gasteiger partial charge in [0.15, 0.2) is 0 Å². The van der Waals surface area contributed by atoms with Crippen LogP contribution in [0.25, 0.3) is 0 Å². The van der Waals surface area contributed by atoms with Crippen LogP contribution in [-0.4, -0.2) is 23.7 Å². The fraction of sp³-hybridized carbons (Fsp3) is 0.938. The SMILES string of the molecule is CCCCCCC(C)(CCCC)CNC(C)C(=O)O. The van der Waals surface area contributed by atoms with Crippen molar-refractivity contribution < 1.29 is 9.90 Å². The fourth-order valence-electron chi connectivity index (χ4n) is 2.37. The molecular weight excluding hydrogens is 238 g/mol. The van der Waals surface area contributed by atoms with E-state index in [1.165, 1.54) is 51.4 Å². The molecule has 0 saturated carbocycles. The van der Waals surface area contributed by atoms with E-state index in [0.717, 1.165) is 6.54 Å². The molecule has 2 N–H and O–H groups in total. The Balaban J connectivity index is 4.20. The van der Waals surface area contributed by atoms with Gasteiger partial charge < -0.3 is 10.4 Å². The van der Waals surface area contributed by atoms with E-state index in [1.807, 2.05) is 0 Å². The predicted molar refractivity (Wildman–Crippen MR) is 81.5 cm³/mol. The van der Waals surface area contributed by atoms with Crippen molar-refractivity contribution in [2.45, 2.75) is 85.1 Å². The highest BCUT2D eigenvalue weighted by Crippen LogP contribution is 2.30. The van der Waals surface area contributed by atoms with Crippen molar-refractivity contribution in [3.05, 3.63) is 0 Å². The Morgan fingerprint density at radius 2 is 1.68 bits per heavy atom. The van der Waals surface area contributed by atoms with E-state index in [0.29, 0.717) is 0 Å². The fourth-order valence-corrected chi connectivity index (χ4v) is 2.37. The first kappa shape index (κ1) is 18.4. The third kappa shape index (κ3) is 9.04. The number of nitrogens with one attached hydrogen (secondary N) is 1. The minimum atomic E-state index is -0.760. The summed E-state index contributed by atoms with van der Waals surface area (Å²) in [6.07, 6.45) is 9.96. The van der Waals surface area contributed by atoms with Crippen LogP contribution in [0.2, 0.25) is 0 Å². The number of aliphatic carboxylic acids is 1. The maximum atomic E-state index is 10.9. The van der Waals surface area contributed by atoms with E-state index in [2.05, 4.69) is 26.1 Å². The zero-order valence-electron chi connectivity index (χ0n) is 13.3. The Morgan fingerprint density at radius 3 is 2.21 bits per heavy atom. The first-order valence-electron chi connectivity index (χ1n) is 7.91. The zero-order chi connectivity index (χ0) is 14.7. The van der Waals surface area contributed by atoms with Gasteiger partial charge in [-0.25, -0.2) is 0 Å². The van der Waals surface area contributed by atoms with Crippen LogP contribution < -0.4 is 5.32 Å². The van der Waals surface area contributed by atoms with Crippen molar-refractivity contribution in [2.75, 3.05) is 6.54 Å². The highest BCUT2D eigenvalue weighted by Gasteiger charge is 2.24. The number of unbranched alkanes of at least 4 members (excludes halogenated alkanes) is 4. The number of carbonyl (C=O) groups is 1. The van der Waals surface area contributed by atoms with E-state index in [9.17, 15) is 4.79 Å². The van der Waals surface area contributed by atoms with Crippen LogP contribution in [0, 0.1) is 5.41 Å². The molecule has 0 heterocycles. The van der Waals surface area contributed by atoms with Gasteiger partial charge in [-0.1, -0.05) is 59.3 Å². The normalized spacial score (nSPS) is 16.0. The van der Waals surface area contributed by atoms with Gasteiger partial charge in [-0.15, -0.1) is 0 Å². The molecule has 0 saturated heterocycles. The summed E-state index contributed by atoms with van der Waals surface area (Å²) in [4.78, 5) is 10.9. The van der Waals surface area contributed by atoms with Crippen LogP contribution in [-0.2, 0) is 4.79 Å². The van der Waals surface area contributed by atoms with E-state index < -0.39 is 12.0 Å². The molecule has 0 bridgehead atoms. The predicted octanol–water partition coefficient (Wildman–Crippen LogP) is 4.22. The Hall–Kier alpha value is -0.570. The highest BCUT2D eigenvalue weighted by atomic mass is 16.4. The van der Waals surface area contributed by atoms with Crippen molar-refractivity contribution >= 4 is 5.97 Å². The van der Waals surface area contributed by atoms with Crippen LogP contribution >= 0.6 is 0 Å². The summed E-state index contributed by atoms with van der Waals surface area (Å²) in [6, 6.07) is -0.448. The second-order valence-electron chi connectivity index (χ2n) is 6.17. The summed E-state index contributed by atoms with van der Waals surface area (Å²) >= 11 is 0. The second kappa shape index (κ2) is 10.2. The average molecular weight is 271 g/mol. The molecule has 2 unspecified atom stereocenters. The molecule has 0 fully saturated rings. The van der Waals surface area contributed by atoms with Crippen LogP contribution in [0.1, 0.15) is 79.1 Å². The first-order valence-corrected chi connectivity index (χ1v) is 7.91. The van der Waals surface area contributed by atoms with E-state index in [1.54, 1.807) is 6.92 Å². The Morgan fingerprint density at radius 1 is 1.11 bits per heavy atom. The van der Waals surface area contributed by atoms with Crippen LogP contribution in [0.5, 0.6) is 0 Å². The van der Waals surface area contributed by atoms with Gasteiger partial charge in [-0.05, 0) is 25.2 Å². The third-order valence-electron chi connectivity index (χ3n) is 3.97. The molecular formula is C16H33NO2. The molecule has 2 atom stereocenters. The number of carboxylic acids is 1. The average Bonchev–Trinajstić information content (AvgIpc) is 2.39. The third-order valence-corrected chi connectivity index (χ3v) is 3.97. The van der Waals surface area contributed by atoms with Crippen molar-refractivity contribution in [2.24, 2.45) is 5.41 Å². The Kier molecular flexibility index (Phi) is 9.94. The van der Waals surface area contributed by atoms with E-state index in [-0.39, 0.29) is 5.41 Å². The molecule has 3 heteroatoms. The summed E-state index contributed by atoms with van der Waals surface area (Å²) < 4.78 is 0. The summed E-state index contributed by atoms with van der Waals surface area (Å²) in [5.74, 6) is -0.760. The van der Waals surface area contributed by atoms with Gasteiger partial charge in [0.05, 0.1) is 0 Å². The van der Waals surface area contributed by atoms with Crippen LogP contribution in [0.15, 0.2) is 0 Å².